The summed E-state index contributed by atoms with van der Waals surface area (Å²) in [5.41, 5.74) is 6.05. The number of anilines is 2. The van der Waals surface area contributed by atoms with E-state index in [1.807, 2.05) is 30.7 Å². The van der Waals surface area contributed by atoms with E-state index in [1.165, 1.54) is 22.5 Å². The van der Waals surface area contributed by atoms with Crippen molar-refractivity contribution in [1.82, 2.24) is 9.97 Å². The van der Waals surface area contributed by atoms with Crippen LogP contribution in [0.3, 0.4) is 0 Å². The van der Waals surface area contributed by atoms with Crippen LogP contribution in [0.4, 0.5) is 11.4 Å². The van der Waals surface area contributed by atoms with E-state index in [0.29, 0.717) is 0 Å². The van der Waals surface area contributed by atoms with Gasteiger partial charge in [0.15, 0.2) is 0 Å². The molecule has 0 fully saturated rings. The van der Waals surface area contributed by atoms with Gasteiger partial charge >= 0.3 is 0 Å². The maximum atomic E-state index is 4.34. The molecule has 0 bridgehead atoms. The van der Waals surface area contributed by atoms with Gasteiger partial charge in [0.1, 0.15) is 0 Å². The van der Waals surface area contributed by atoms with Gasteiger partial charge in [0.2, 0.25) is 0 Å². The maximum Gasteiger partial charge on any atom is 0.0450 e. The Kier molecular flexibility index (Phi) is 2.10. The molecule has 0 spiro atoms. The highest BCUT2D eigenvalue weighted by Crippen LogP contribution is 2.29. The van der Waals surface area contributed by atoms with Crippen molar-refractivity contribution in [3.8, 4) is 0 Å². The molecule has 0 aromatic carbocycles. The van der Waals surface area contributed by atoms with Gasteiger partial charge < -0.3 is 5.32 Å². The average Bonchev–Trinajstić information content (AvgIpc) is 2.48. The largest absolute Gasteiger partial charge is 0.355 e. The Hall–Kier alpha value is -1.90. The summed E-state index contributed by atoms with van der Waals surface area (Å²) >= 11 is 0. The van der Waals surface area contributed by atoms with Crippen LogP contribution in [0.5, 0.6) is 0 Å². The van der Waals surface area contributed by atoms with Gasteiger partial charge in [-0.15, -0.1) is 0 Å². The zero-order valence-electron chi connectivity index (χ0n) is 9.20. The number of fused-ring (bicyclic) bond motifs is 2. The van der Waals surface area contributed by atoms with Crippen LogP contribution in [-0.4, -0.2) is 9.97 Å². The molecule has 1 aliphatic heterocycles. The number of rotatable bonds is 0. The van der Waals surface area contributed by atoms with E-state index in [9.17, 15) is 0 Å². The lowest BCUT2D eigenvalue weighted by Crippen LogP contribution is -1.97. The molecule has 80 valence electrons. The van der Waals surface area contributed by atoms with E-state index in [2.05, 4.69) is 22.2 Å². The summed E-state index contributed by atoms with van der Waals surface area (Å²) < 4.78 is 0. The molecular weight excluding hydrogens is 198 g/mol. The molecule has 0 aliphatic carbocycles. The number of nitrogens with zero attached hydrogens (tertiary/aromatic N) is 2. The maximum absolute atomic E-state index is 4.34. The van der Waals surface area contributed by atoms with Crippen LogP contribution < -0.4 is 5.32 Å². The van der Waals surface area contributed by atoms with Gasteiger partial charge in [0, 0.05) is 35.7 Å². The molecule has 0 atom stereocenters. The normalized spacial score (nSPS) is 13.3. The van der Waals surface area contributed by atoms with Crippen LogP contribution in [0.25, 0.3) is 0 Å². The summed E-state index contributed by atoms with van der Waals surface area (Å²) in [4.78, 5) is 8.51. The fraction of sp³-hybridized carbons (Fsp3) is 0.231. The molecule has 3 rings (SSSR count). The van der Waals surface area contributed by atoms with Gasteiger partial charge in [-0.3, -0.25) is 9.97 Å². The summed E-state index contributed by atoms with van der Waals surface area (Å²) in [6.45, 7) is 2.06. The van der Waals surface area contributed by atoms with E-state index in [-0.39, 0.29) is 0 Å². The first-order chi connectivity index (χ1) is 7.84. The van der Waals surface area contributed by atoms with Gasteiger partial charge in [-0.05, 0) is 43.0 Å². The molecule has 0 radical (unpaired) electrons. The summed E-state index contributed by atoms with van der Waals surface area (Å²) in [6.07, 6.45) is 7.67. The lowest BCUT2D eigenvalue weighted by atomic mass is 10.1. The zero-order chi connectivity index (χ0) is 11.0. The molecular formula is C13H13N3. The third kappa shape index (κ3) is 1.45. The molecule has 3 heteroatoms. The molecule has 1 aliphatic rings. The number of pyridine rings is 2. The highest BCUT2D eigenvalue weighted by atomic mass is 14.9. The number of hydrogen-bond donors (Lipinski definition) is 1. The second kappa shape index (κ2) is 3.59. The first-order valence-corrected chi connectivity index (χ1v) is 5.49. The van der Waals surface area contributed by atoms with Crippen molar-refractivity contribution in [3.63, 3.8) is 0 Å². The summed E-state index contributed by atoms with van der Waals surface area (Å²) in [5, 5.41) is 3.46. The van der Waals surface area contributed by atoms with Gasteiger partial charge in [0.25, 0.3) is 0 Å². The van der Waals surface area contributed by atoms with Crippen LogP contribution in [0.1, 0.15) is 16.8 Å². The first-order valence-electron chi connectivity index (χ1n) is 5.49. The monoisotopic (exact) mass is 211 g/mol. The average molecular weight is 211 g/mol. The summed E-state index contributed by atoms with van der Waals surface area (Å²) in [7, 11) is 0. The molecule has 0 saturated heterocycles. The van der Waals surface area contributed by atoms with Crippen LogP contribution in [0, 0.1) is 6.92 Å². The fourth-order valence-corrected chi connectivity index (χ4v) is 2.18. The number of hydrogen-bond acceptors (Lipinski definition) is 3. The Morgan fingerprint density at radius 1 is 1.12 bits per heavy atom. The Labute approximate surface area is 94.6 Å². The van der Waals surface area contributed by atoms with Crippen molar-refractivity contribution in [2.75, 3.05) is 5.32 Å². The number of nitrogens with one attached hydrogen (secondary N) is 1. The molecule has 0 saturated carbocycles. The number of aromatic nitrogens is 2. The van der Waals surface area contributed by atoms with Crippen LogP contribution in [0.2, 0.25) is 0 Å². The van der Waals surface area contributed by atoms with Gasteiger partial charge in [-0.25, -0.2) is 0 Å². The van der Waals surface area contributed by atoms with Crippen molar-refractivity contribution in [2.45, 2.75) is 19.8 Å². The van der Waals surface area contributed by atoms with E-state index in [4.69, 9.17) is 0 Å². The molecule has 2 aromatic rings. The molecule has 2 aromatic heterocycles. The highest BCUT2D eigenvalue weighted by Gasteiger charge is 2.14. The second-order valence-corrected chi connectivity index (χ2v) is 4.08. The van der Waals surface area contributed by atoms with Crippen molar-refractivity contribution in [3.05, 3.63) is 47.5 Å². The standard InChI is InChI=1S/C13H13N3/c1-9-11-3-2-10-8-14-6-4-12(10)16-13(11)5-7-15-9/h4-8,16H,2-3H2,1H3. The lowest BCUT2D eigenvalue weighted by molar-refractivity contribution is 0.941. The minimum absolute atomic E-state index is 1.02. The van der Waals surface area contributed by atoms with Gasteiger partial charge in [0.05, 0.1) is 0 Å². The minimum Gasteiger partial charge on any atom is -0.355 e. The van der Waals surface area contributed by atoms with Gasteiger partial charge in [-0.1, -0.05) is 0 Å². The molecule has 1 N–H and O–H groups in total. The summed E-state index contributed by atoms with van der Waals surface area (Å²) in [5.74, 6) is 0. The second-order valence-electron chi connectivity index (χ2n) is 4.08. The van der Waals surface area contributed by atoms with Crippen molar-refractivity contribution in [1.29, 1.82) is 0 Å². The van der Waals surface area contributed by atoms with Crippen molar-refractivity contribution < 1.29 is 0 Å². The summed E-state index contributed by atoms with van der Waals surface area (Å²) in [6, 6.07) is 4.07. The Balaban J connectivity index is 2.12. The first kappa shape index (κ1) is 9.33. The molecule has 0 unspecified atom stereocenters. The molecule has 3 nitrogen and oxygen atoms in total. The third-order valence-electron chi connectivity index (χ3n) is 3.09. The van der Waals surface area contributed by atoms with E-state index < -0.39 is 0 Å². The van der Waals surface area contributed by atoms with Crippen LogP contribution in [-0.2, 0) is 12.8 Å². The van der Waals surface area contributed by atoms with E-state index in [1.54, 1.807) is 0 Å². The number of aryl methyl sites for hydroxylation is 2. The van der Waals surface area contributed by atoms with Crippen molar-refractivity contribution in [2.24, 2.45) is 0 Å². The van der Waals surface area contributed by atoms with Gasteiger partial charge in [-0.2, -0.15) is 0 Å². The Morgan fingerprint density at radius 2 is 2.00 bits per heavy atom. The molecule has 3 heterocycles. The lowest BCUT2D eigenvalue weighted by Gasteiger charge is -2.09. The van der Waals surface area contributed by atoms with Crippen LogP contribution >= 0.6 is 0 Å². The highest BCUT2D eigenvalue weighted by molar-refractivity contribution is 5.67. The molecule has 0 amide bonds. The zero-order valence-corrected chi connectivity index (χ0v) is 9.20. The third-order valence-corrected chi connectivity index (χ3v) is 3.09. The quantitative estimate of drug-likeness (QED) is 0.728. The SMILES string of the molecule is Cc1nccc2c1CCc1cnccc1N2. The van der Waals surface area contributed by atoms with E-state index in [0.717, 1.165) is 18.5 Å². The predicted molar refractivity (Wildman–Crippen MR) is 63.9 cm³/mol. The van der Waals surface area contributed by atoms with E-state index >= 15 is 0 Å². The Morgan fingerprint density at radius 3 is 2.94 bits per heavy atom. The predicted octanol–water partition coefficient (Wildman–Crippen LogP) is 2.63. The Bertz CT molecular complexity index is 534. The smallest absolute Gasteiger partial charge is 0.0450 e. The topological polar surface area (TPSA) is 37.8 Å². The van der Waals surface area contributed by atoms with Crippen LogP contribution in [0.15, 0.2) is 30.7 Å². The minimum atomic E-state index is 1.02. The fourth-order valence-electron chi connectivity index (χ4n) is 2.18. The van der Waals surface area contributed by atoms with Crippen molar-refractivity contribution >= 4 is 11.4 Å². The molecule has 16 heavy (non-hydrogen) atoms.